The molecule has 0 aliphatic carbocycles. The summed E-state index contributed by atoms with van der Waals surface area (Å²) in [5.41, 5.74) is -0.734. The van der Waals surface area contributed by atoms with Gasteiger partial charge in [-0.1, -0.05) is 17.7 Å². The van der Waals surface area contributed by atoms with Crippen molar-refractivity contribution < 1.29 is 23.7 Å². The highest BCUT2D eigenvalue weighted by molar-refractivity contribution is 8.14. The van der Waals surface area contributed by atoms with Crippen LogP contribution in [0.15, 0.2) is 4.99 Å². The van der Waals surface area contributed by atoms with Crippen molar-refractivity contribution in [3.63, 3.8) is 0 Å². The summed E-state index contributed by atoms with van der Waals surface area (Å²) in [5.74, 6) is 2.34. The van der Waals surface area contributed by atoms with Crippen LogP contribution in [-0.4, -0.2) is 58.1 Å². The molecule has 0 amide bonds. The molecular weight excluding hydrogens is 266 g/mol. The van der Waals surface area contributed by atoms with Crippen LogP contribution in [0, 0.1) is 12.3 Å². The zero-order valence-corrected chi connectivity index (χ0v) is 9.98. The number of aliphatic hydroxyl groups excluding tert-OH is 2. The molecule has 0 aromatic heterocycles. The summed E-state index contributed by atoms with van der Waals surface area (Å²) in [6.07, 6.45) is -2.52. The molecule has 0 aromatic rings. The standard InChI is InChI=1S/C10H12F2N2O3S/c1-2-3-13-10-14-4-5(15)6(16)7(8(11)12)17-9(4)18-10/h1,4-9,15-16H,3H2,(H,13,14)/t4-,5-,6+,7+,9-/m1/s1. The molecule has 5 atom stereocenters. The molecule has 0 spiro atoms. The predicted octanol–water partition coefficient (Wildman–Crippen LogP) is -0.608. The second-order valence-electron chi connectivity index (χ2n) is 3.89. The topological polar surface area (TPSA) is 74.1 Å². The lowest BCUT2D eigenvalue weighted by Crippen LogP contribution is -2.56. The SMILES string of the molecule is C#CCNC1=N[C@@H]2[C@@H](O)[C@H](O)[C@@H](C(F)F)O[C@@H]2S1. The van der Waals surface area contributed by atoms with Crippen LogP contribution >= 0.6 is 11.8 Å². The lowest BCUT2D eigenvalue weighted by Gasteiger charge is -2.37. The molecule has 0 aromatic carbocycles. The van der Waals surface area contributed by atoms with Gasteiger partial charge in [0.1, 0.15) is 29.8 Å². The van der Waals surface area contributed by atoms with Crippen molar-refractivity contribution in [2.24, 2.45) is 4.99 Å². The third kappa shape index (κ3) is 2.44. The van der Waals surface area contributed by atoms with Gasteiger partial charge in [0.05, 0.1) is 6.54 Å². The summed E-state index contributed by atoms with van der Waals surface area (Å²) in [6.45, 7) is 0.238. The molecule has 0 bridgehead atoms. The Balaban J connectivity index is 2.07. The summed E-state index contributed by atoms with van der Waals surface area (Å²) < 4.78 is 30.3. The smallest absolute Gasteiger partial charge is 0.267 e. The number of aliphatic hydroxyl groups is 2. The normalized spacial score (nSPS) is 39.1. The Morgan fingerprint density at radius 1 is 1.50 bits per heavy atom. The van der Waals surface area contributed by atoms with Gasteiger partial charge in [-0.15, -0.1) is 6.42 Å². The predicted molar refractivity (Wildman–Crippen MR) is 62.3 cm³/mol. The molecule has 5 nitrogen and oxygen atoms in total. The molecule has 1 fully saturated rings. The highest BCUT2D eigenvalue weighted by Crippen LogP contribution is 2.37. The van der Waals surface area contributed by atoms with Crippen LogP contribution in [-0.2, 0) is 4.74 Å². The molecule has 0 saturated carbocycles. The van der Waals surface area contributed by atoms with Gasteiger partial charge >= 0.3 is 0 Å². The Bertz CT molecular complexity index is 388. The minimum atomic E-state index is -2.86. The van der Waals surface area contributed by atoms with Gasteiger partial charge < -0.3 is 20.3 Å². The first-order chi connectivity index (χ1) is 8.54. The Morgan fingerprint density at radius 3 is 2.83 bits per heavy atom. The van der Waals surface area contributed by atoms with Crippen molar-refractivity contribution in [3.05, 3.63) is 0 Å². The Kier molecular flexibility index (Phi) is 4.07. The molecule has 100 valence electrons. The van der Waals surface area contributed by atoms with E-state index in [0.29, 0.717) is 5.17 Å². The van der Waals surface area contributed by atoms with Crippen molar-refractivity contribution in [2.45, 2.75) is 36.2 Å². The molecule has 2 rings (SSSR count). The van der Waals surface area contributed by atoms with E-state index in [1.807, 2.05) is 0 Å². The largest absolute Gasteiger partial charge is 0.388 e. The maximum Gasteiger partial charge on any atom is 0.267 e. The van der Waals surface area contributed by atoms with E-state index >= 15 is 0 Å². The average molecular weight is 278 g/mol. The van der Waals surface area contributed by atoms with Crippen molar-refractivity contribution in [1.82, 2.24) is 5.32 Å². The zero-order valence-electron chi connectivity index (χ0n) is 9.16. The number of thioether (sulfide) groups is 1. The average Bonchev–Trinajstić information content (AvgIpc) is 2.74. The monoisotopic (exact) mass is 278 g/mol. The maximum absolute atomic E-state index is 12.6. The Morgan fingerprint density at radius 2 is 2.22 bits per heavy atom. The lowest BCUT2D eigenvalue weighted by molar-refractivity contribution is -0.193. The number of aliphatic imine (C=N–C) groups is 1. The van der Waals surface area contributed by atoms with Gasteiger partial charge in [-0.2, -0.15) is 0 Å². The van der Waals surface area contributed by atoms with Crippen LogP contribution < -0.4 is 5.32 Å². The highest BCUT2D eigenvalue weighted by atomic mass is 32.2. The number of terminal acetylenes is 1. The number of hydrogen-bond donors (Lipinski definition) is 3. The van der Waals surface area contributed by atoms with Crippen LogP contribution in [0.2, 0.25) is 0 Å². The van der Waals surface area contributed by atoms with Crippen LogP contribution in [0.25, 0.3) is 0 Å². The fourth-order valence-electron chi connectivity index (χ4n) is 1.81. The van der Waals surface area contributed by atoms with E-state index in [2.05, 4.69) is 16.2 Å². The van der Waals surface area contributed by atoms with Crippen LogP contribution in [0.4, 0.5) is 8.78 Å². The van der Waals surface area contributed by atoms with Crippen molar-refractivity contribution in [1.29, 1.82) is 0 Å². The number of nitrogens with one attached hydrogen (secondary N) is 1. The number of alkyl halides is 2. The second-order valence-corrected chi connectivity index (χ2v) is 4.97. The van der Waals surface area contributed by atoms with E-state index in [-0.39, 0.29) is 6.54 Å². The number of nitrogens with zero attached hydrogens (tertiary/aromatic N) is 1. The fourth-order valence-corrected chi connectivity index (χ4v) is 2.91. The quantitative estimate of drug-likeness (QED) is 0.588. The molecule has 8 heteroatoms. The minimum Gasteiger partial charge on any atom is -0.388 e. The van der Waals surface area contributed by atoms with E-state index in [1.54, 1.807) is 0 Å². The number of halogens is 2. The molecule has 0 unspecified atom stereocenters. The molecule has 0 radical (unpaired) electrons. The van der Waals surface area contributed by atoms with E-state index in [0.717, 1.165) is 11.8 Å². The van der Waals surface area contributed by atoms with Crippen molar-refractivity contribution in [2.75, 3.05) is 6.54 Å². The number of ether oxygens (including phenoxy) is 1. The molecular formula is C10H12F2N2O3S. The summed E-state index contributed by atoms with van der Waals surface area (Å²) in [4.78, 5) is 4.07. The number of amidine groups is 1. The summed E-state index contributed by atoms with van der Waals surface area (Å²) in [5, 5.41) is 22.5. The molecule has 2 aliphatic heterocycles. The Labute approximate surface area is 107 Å². The van der Waals surface area contributed by atoms with Crippen molar-refractivity contribution >= 4 is 16.9 Å². The third-order valence-electron chi connectivity index (χ3n) is 2.69. The molecule has 1 saturated heterocycles. The summed E-state index contributed by atoms with van der Waals surface area (Å²) in [7, 11) is 0. The first kappa shape index (κ1) is 13.5. The maximum atomic E-state index is 12.6. The second kappa shape index (κ2) is 5.40. The molecule has 18 heavy (non-hydrogen) atoms. The molecule has 2 heterocycles. The van der Waals surface area contributed by atoms with E-state index < -0.39 is 36.2 Å². The van der Waals surface area contributed by atoms with E-state index in [1.165, 1.54) is 0 Å². The van der Waals surface area contributed by atoms with Gasteiger partial charge in [0.2, 0.25) is 0 Å². The van der Waals surface area contributed by atoms with Crippen LogP contribution in [0.1, 0.15) is 0 Å². The Hall–Kier alpha value is -0.880. The highest BCUT2D eigenvalue weighted by Gasteiger charge is 2.50. The van der Waals surface area contributed by atoms with Crippen LogP contribution in [0.5, 0.6) is 0 Å². The number of rotatable bonds is 2. The lowest BCUT2D eigenvalue weighted by atomic mass is 9.98. The van der Waals surface area contributed by atoms with Gasteiger partial charge in [0.25, 0.3) is 6.43 Å². The van der Waals surface area contributed by atoms with Crippen LogP contribution in [0.3, 0.4) is 0 Å². The van der Waals surface area contributed by atoms with Gasteiger partial charge in [-0.05, 0) is 0 Å². The van der Waals surface area contributed by atoms with Crippen molar-refractivity contribution in [3.8, 4) is 12.3 Å². The third-order valence-corrected chi connectivity index (χ3v) is 3.79. The number of fused-ring (bicyclic) bond motifs is 1. The minimum absolute atomic E-state index is 0.238. The fraction of sp³-hybridized carbons (Fsp3) is 0.700. The molecule has 2 aliphatic rings. The molecule has 3 N–H and O–H groups in total. The summed E-state index contributed by atoms with van der Waals surface area (Å²) in [6, 6.07) is -0.764. The van der Waals surface area contributed by atoms with E-state index in [4.69, 9.17) is 11.2 Å². The zero-order chi connectivity index (χ0) is 13.3. The van der Waals surface area contributed by atoms with Gasteiger partial charge in [0.15, 0.2) is 5.17 Å². The first-order valence-corrected chi connectivity index (χ1v) is 6.14. The first-order valence-electron chi connectivity index (χ1n) is 5.26. The van der Waals surface area contributed by atoms with Gasteiger partial charge in [-0.25, -0.2) is 8.78 Å². The van der Waals surface area contributed by atoms with E-state index in [9.17, 15) is 19.0 Å². The summed E-state index contributed by atoms with van der Waals surface area (Å²) >= 11 is 1.08. The number of hydrogen-bond acceptors (Lipinski definition) is 6. The van der Waals surface area contributed by atoms with Gasteiger partial charge in [-0.3, -0.25) is 4.99 Å². The van der Waals surface area contributed by atoms with Gasteiger partial charge in [0, 0.05) is 0 Å².